The fourth-order valence-corrected chi connectivity index (χ4v) is 4.58. The van der Waals surface area contributed by atoms with Gasteiger partial charge in [0, 0.05) is 47.8 Å². The number of pyridine rings is 2. The number of nitrogens with one attached hydrogen (secondary N) is 2. The summed E-state index contributed by atoms with van der Waals surface area (Å²) in [5.41, 5.74) is 3.27. The number of hydrogen-bond donors (Lipinski definition) is 2. The van der Waals surface area contributed by atoms with Crippen LogP contribution < -0.4 is 20.1 Å². The maximum Gasteiger partial charge on any atom is 0.247 e. The lowest BCUT2D eigenvalue weighted by molar-refractivity contribution is -0.111. The highest BCUT2D eigenvalue weighted by atomic mass is 35.5. The fraction of sp³-hybridized carbons (Fsp3) is 0.273. The van der Waals surface area contributed by atoms with Crippen LogP contribution >= 0.6 is 23.6 Å². The van der Waals surface area contributed by atoms with Gasteiger partial charge in [-0.05, 0) is 86.9 Å². The molecule has 1 aliphatic heterocycles. The average molecular weight is 667 g/mol. The van der Waals surface area contributed by atoms with Gasteiger partial charge in [0.2, 0.25) is 5.91 Å². The summed E-state index contributed by atoms with van der Waals surface area (Å²) in [5, 5.41) is 16.8. The number of benzene rings is 2. The molecule has 0 aliphatic carbocycles. The number of aromatic nitrogens is 2. The number of rotatable bonds is 10. The SMILES string of the molecule is C=CC(=O)Nc1cc2c(Nc3ccc(OCc4ccccn4)c(Cl)c3)c(C#N)cnc2cc1OCC.CN1CCCC1.CSOF. The van der Waals surface area contributed by atoms with E-state index < -0.39 is 0 Å². The summed E-state index contributed by atoms with van der Waals surface area (Å²) < 4.78 is 24.6. The molecule has 1 amide bonds. The second-order valence-corrected chi connectivity index (χ2v) is 10.6. The summed E-state index contributed by atoms with van der Waals surface area (Å²) in [7, 11) is 2.17. The van der Waals surface area contributed by atoms with Crippen molar-refractivity contribution < 1.29 is 23.2 Å². The van der Waals surface area contributed by atoms with E-state index in [9.17, 15) is 14.6 Å². The van der Waals surface area contributed by atoms with Crippen LogP contribution in [-0.4, -0.2) is 53.8 Å². The summed E-state index contributed by atoms with van der Waals surface area (Å²) in [6, 6.07) is 16.4. The van der Waals surface area contributed by atoms with Crippen molar-refractivity contribution in [2.24, 2.45) is 0 Å². The van der Waals surface area contributed by atoms with Crippen LogP contribution in [-0.2, 0) is 15.8 Å². The van der Waals surface area contributed by atoms with Crippen molar-refractivity contribution in [1.29, 1.82) is 5.26 Å². The highest BCUT2D eigenvalue weighted by Crippen LogP contribution is 2.37. The summed E-state index contributed by atoms with van der Waals surface area (Å²) >= 11 is 7.16. The predicted molar refractivity (Wildman–Crippen MR) is 182 cm³/mol. The number of ether oxygens (including phenoxy) is 2. The fourth-order valence-electron chi connectivity index (χ4n) is 4.35. The van der Waals surface area contributed by atoms with Crippen molar-refractivity contribution in [3.05, 3.63) is 89.9 Å². The van der Waals surface area contributed by atoms with Crippen LogP contribution in [0, 0.1) is 11.3 Å². The number of halogens is 2. The Kier molecular flexibility index (Phi) is 15.0. The topological polar surface area (TPSA) is 122 Å². The number of hydrogen-bond acceptors (Lipinski definition) is 10. The lowest BCUT2D eigenvalue weighted by Gasteiger charge is -2.16. The summed E-state index contributed by atoms with van der Waals surface area (Å²) in [5.74, 6) is 0.576. The van der Waals surface area contributed by atoms with Crippen molar-refractivity contribution >= 4 is 57.5 Å². The van der Waals surface area contributed by atoms with Crippen LogP contribution in [0.4, 0.5) is 21.6 Å². The maximum absolute atomic E-state index is 12.0. The first-order valence-corrected chi connectivity index (χ1v) is 15.9. The molecule has 2 N–H and O–H groups in total. The Morgan fingerprint density at radius 1 is 1.17 bits per heavy atom. The van der Waals surface area contributed by atoms with Gasteiger partial charge in [-0.15, -0.1) is 4.39 Å². The van der Waals surface area contributed by atoms with Gasteiger partial charge in [0.1, 0.15) is 24.2 Å². The minimum absolute atomic E-state index is 0.280. The van der Waals surface area contributed by atoms with E-state index in [1.54, 1.807) is 36.5 Å². The maximum atomic E-state index is 12.0. The Hall–Kier alpha value is -4.41. The second kappa shape index (κ2) is 19.2. The highest BCUT2D eigenvalue weighted by Gasteiger charge is 2.16. The molecule has 3 heterocycles. The number of amides is 1. The van der Waals surface area contributed by atoms with Crippen molar-refractivity contribution in [2.75, 3.05) is 43.6 Å². The number of likely N-dealkylation sites (tertiary alicyclic amines) is 1. The van der Waals surface area contributed by atoms with Crippen molar-refractivity contribution in [1.82, 2.24) is 14.9 Å². The zero-order valence-electron chi connectivity index (χ0n) is 25.9. The van der Waals surface area contributed by atoms with E-state index in [2.05, 4.69) is 49.6 Å². The molecule has 4 aromatic rings. The largest absolute Gasteiger partial charge is 0.492 e. The zero-order chi connectivity index (χ0) is 33.3. The van der Waals surface area contributed by atoms with Crippen molar-refractivity contribution in [2.45, 2.75) is 26.4 Å². The van der Waals surface area contributed by atoms with Gasteiger partial charge in [0.15, 0.2) is 0 Å². The van der Waals surface area contributed by atoms with Crippen LogP contribution in [0.15, 0.2) is 73.6 Å². The van der Waals surface area contributed by atoms with Crippen LogP contribution in [0.5, 0.6) is 11.5 Å². The molecule has 1 aliphatic rings. The number of carbonyl (C=O) groups is 1. The number of fused-ring (bicyclic) bond motifs is 1. The zero-order valence-corrected chi connectivity index (χ0v) is 27.5. The van der Waals surface area contributed by atoms with Crippen LogP contribution in [0.1, 0.15) is 31.0 Å². The van der Waals surface area contributed by atoms with Crippen molar-refractivity contribution in [3.8, 4) is 17.6 Å². The number of carbonyl (C=O) groups excluding carboxylic acids is 1. The van der Waals surface area contributed by atoms with E-state index in [1.807, 2.05) is 25.1 Å². The van der Waals surface area contributed by atoms with Gasteiger partial charge >= 0.3 is 0 Å². The molecule has 0 spiro atoms. The van der Waals surface area contributed by atoms with Gasteiger partial charge in [-0.1, -0.05) is 24.2 Å². The Morgan fingerprint density at radius 3 is 2.50 bits per heavy atom. The average Bonchev–Trinajstić information content (AvgIpc) is 3.56. The van der Waals surface area contributed by atoms with E-state index >= 15 is 0 Å². The van der Waals surface area contributed by atoms with Crippen LogP contribution in [0.25, 0.3) is 10.9 Å². The monoisotopic (exact) mass is 666 g/mol. The minimum atomic E-state index is -0.387. The quantitative estimate of drug-likeness (QED) is 0.128. The molecule has 0 atom stereocenters. The van der Waals surface area contributed by atoms with E-state index in [0.717, 1.165) is 5.69 Å². The molecule has 46 heavy (non-hydrogen) atoms. The molecule has 5 rings (SSSR count). The lowest BCUT2D eigenvalue weighted by atomic mass is 10.1. The molecule has 2 aromatic heterocycles. The van der Waals surface area contributed by atoms with E-state index in [1.165, 1.54) is 44.5 Å². The van der Waals surface area contributed by atoms with Gasteiger partial charge in [-0.25, -0.2) is 0 Å². The molecule has 1 fully saturated rings. The Morgan fingerprint density at radius 2 is 1.93 bits per heavy atom. The molecule has 0 radical (unpaired) electrons. The normalized spacial score (nSPS) is 12.1. The predicted octanol–water partition coefficient (Wildman–Crippen LogP) is 7.88. The standard InChI is InChI=1S/C27H22ClN5O3.C5H11N.CH3FOS/c1-3-26(34)33-23-12-20-22(13-25(23)35-4-2)31-15-17(14-29)27(20)32-18-8-9-24(21(28)11-18)36-16-19-7-5-6-10-30-19;1-6-4-2-3-5-6;1-4-3-2/h3,5-13,15H,1,4,16H2,2H3,(H,31,32)(H,33,34);2-5H2,1H3;1H3. The number of nitriles is 1. The Balaban J connectivity index is 0.000000495. The van der Waals surface area contributed by atoms with Gasteiger partial charge in [-0.3, -0.25) is 14.8 Å². The summed E-state index contributed by atoms with van der Waals surface area (Å²) in [6.07, 6.45) is 8.68. The van der Waals surface area contributed by atoms with Gasteiger partial charge < -0.3 is 25.0 Å². The van der Waals surface area contributed by atoms with E-state index in [4.69, 9.17) is 21.1 Å². The third-order valence-corrected chi connectivity index (χ3v) is 6.95. The molecule has 1 saturated heterocycles. The first-order chi connectivity index (χ1) is 22.3. The first-order valence-electron chi connectivity index (χ1n) is 14.4. The highest BCUT2D eigenvalue weighted by molar-refractivity contribution is 7.93. The summed E-state index contributed by atoms with van der Waals surface area (Å²) in [4.78, 5) is 23.0. The van der Waals surface area contributed by atoms with Gasteiger partial charge in [0.25, 0.3) is 0 Å². The lowest BCUT2D eigenvalue weighted by Crippen LogP contribution is -2.10. The van der Waals surface area contributed by atoms with Gasteiger partial charge in [-0.2, -0.15) is 5.26 Å². The van der Waals surface area contributed by atoms with Crippen LogP contribution in [0.3, 0.4) is 0 Å². The smallest absolute Gasteiger partial charge is 0.247 e. The third kappa shape index (κ3) is 10.9. The van der Waals surface area contributed by atoms with E-state index in [0.29, 0.717) is 68.7 Å². The number of anilines is 3. The molecule has 2 aromatic carbocycles. The first kappa shape index (κ1) is 36.1. The molecule has 242 valence electrons. The number of nitrogens with zero attached hydrogens (tertiary/aromatic N) is 4. The molecular weight excluding hydrogens is 631 g/mol. The van der Waals surface area contributed by atoms with Crippen molar-refractivity contribution in [3.63, 3.8) is 0 Å². The molecule has 0 saturated carbocycles. The minimum Gasteiger partial charge on any atom is -0.492 e. The van der Waals surface area contributed by atoms with Gasteiger partial charge in [0.05, 0.1) is 39.8 Å². The Labute approximate surface area is 277 Å². The second-order valence-electron chi connectivity index (χ2n) is 9.77. The third-order valence-electron chi connectivity index (χ3n) is 6.53. The molecule has 0 unspecified atom stereocenters. The molecule has 13 heteroatoms. The molecule has 10 nitrogen and oxygen atoms in total. The Bertz CT molecular complexity index is 1630. The van der Waals surface area contributed by atoms with E-state index in [-0.39, 0.29) is 12.5 Å². The van der Waals surface area contributed by atoms with Crippen LogP contribution in [0.2, 0.25) is 5.02 Å². The molecule has 0 bridgehead atoms. The summed E-state index contributed by atoms with van der Waals surface area (Å²) in [6.45, 7) is 8.66. The molecular formula is C33H36ClFN6O4S.